The molecule has 0 spiro atoms. The Morgan fingerprint density at radius 2 is 1.91 bits per heavy atom. The first-order valence-electron chi connectivity index (χ1n) is 11.3. The van der Waals surface area contributed by atoms with Crippen LogP contribution in [0.3, 0.4) is 0 Å². The van der Waals surface area contributed by atoms with Crippen molar-refractivity contribution in [3.63, 3.8) is 0 Å². The first-order chi connectivity index (χ1) is 15.4. The monoisotopic (exact) mass is 447 g/mol. The van der Waals surface area contributed by atoms with Gasteiger partial charge >= 0.3 is 0 Å². The number of rotatable bonds is 4. The number of halogens is 2. The Kier molecular flexibility index (Phi) is 5.29. The Labute approximate surface area is 193 Å². The molecule has 0 fully saturated rings. The molecule has 0 saturated heterocycles. The topological polar surface area (TPSA) is 30.2 Å². The lowest BCUT2D eigenvalue weighted by molar-refractivity contribution is 0.181. The zero-order chi connectivity index (χ0) is 22.5. The van der Waals surface area contributed by atoms with Crippen molar-refractivity contribution >= 4 is 17.2 Å². The summed E-state index contributed by atoms with van der Waals surface area (Å²) in [7, 11) is 0. The molecular weight excluding hydrogens is 421 g/mol. The van der Waals surface area contributed by atoms with Crippen LogP contribution in [0.2, 0.25) is 5.02 Å². The van der Waals surface area contributed by atoms with E-state index in [-0.39, 0.29) is 11.2 Å². The van der Waals surface area contributed by atoms with Crippen LogP contribution in [-0.2, 0) is 12.8 Å². The molecule has 4 aromatic rings. The highest BCUT2D eigenvalue weighted by Crippen LogP contribution is 2.43. The highest BCUT2D eigenvalue weighted by atomic mass is 35.5. The van der Waals surface area contributed by atoms with Crippen molar-refractivity contribution in [3.8, 4) is 22.4 Å². The van der Waals surface area contributed by atoms with E-state index < -0.39 is 0 Å². The Morgan fingerprint density at radius 1 is 1.12 bits per heavy atom. The van der Waals surface area contributed by atoms with E-state index in [0.717, 1.165) is 53.7 Å². The van der Waals surface area contributed by atoms with Crippen molar-refractivity contribution in [3.05, 3.63) is 76.8 Å². The minimum atomic E-state index is -0.245. The largest absolute Gasteiger partial charge is 0.228 e. The van der Waals surface area contributed by atoms with E-state index in [9.17, 15) is 4.39 Å². The third kappa shape index (κ3) is 3.61. The smallest absolute Gasteiger partial charge is 0.163 e. The van der Waals surface area contributed by atoms with Crippen molar-refractivity contribution in [2.75, 3.05) is 0 Å². The van der Waals surface area contributed by atoms with Crippen molar-refractivity contribution in [2.24, 2.45) is 11.3 Å². The van der Waals surface area contributed by atoms with E-state index in [4.69, 9.17) is 21.7 Å². The summed E-state index contributed by atoms with van der Waals surface area (Å²) in [6.45, 7) is 6.96. The number of aromatic nitrogens is 3. The predicted molar refractivity (Wildman–Crippen MR) is 128 cm³/mol. The minimum absolute atomic E-state index is 0.241. The highest BCUT2D eigenvalue weighted by molar-refractivity contribution is 6.30. The Morgan fingerprint density at radius 3 is 2.62 bits per heavy atom. The Bertz CT molecular complexity index is 1290. The standard InChI is InChI=1S/C27H27ClFN3/c1-4-27(2,3)19-10-13-24-22(15-19)25(18-6-5-7-21(29)14-18)31-26-23(16-30-32(24)26)17-8-11-20(28)12-9-17/h5-9,11-12,14,16,19H,4,10,13,15H2,1-3H3/t19-/m0/s1. The van der Waals surface area contributed by atoms with Crippen LogP contribution in [0.4, 0.5) is 4.39 Å². The van der Waals surface area contributed by atoms with Gasteiger partial charge in [0.05, 0.1) is 11.9 Å². The molecule has 0 N–H and O–H groups in total. The van der Waals surface area contributed by atoms with Gasteiger partial charge in [0.25, 0.3) is 0 Å². The molecule has 0 unspecified atom stereocenters. The molecule has 1 atom stereocenters. The van der Waals surface area contributed by atoms with Gasteiger partial charge in [-0.05, 0) is 60.4 Å². The van der Waals surface area contributed by atoms with Crippen molar-refractivity contribution in [1.29, 1.82) is 0 Å². The lowest BCUT2D eigenvalue weighted by Gasteiger charge is -2.37. The van der Waals surface area contributed by atoms with Gasteiger partial charge < -0.3 is 0 Å². The van der Waals surface area contributed by atoms with E-state index in [1.54, 1.807) is 12.1 Å². The molecule has 2 heterocycles. The third-order valence-electron chi connectivity index (χ3n) is 7.30. The molecule has 5 heteroatoms. The average molecular weight is 448 g/mol. The summed E-state index contributed by atoms with van der Waals surface area (Å²) in [5, 5.41) is 5.43. The first-order valence-corrected chi connectivity index (χ1v) is 11.7. The molecular formula is C27H27ClFN3. The molecule has 32 heavy (non-hydrogen) atoms. The maximum absolute atomic E-state index is 14.2. The van der Waals surface area contributed by atoms with Gasteiger partial charge in [-0.15, -0.1) is 0 Å². The zero-order valence-corrected chi connectivity index (χ0v) is 19.5. The van der Waals surface area contributed by atoms with E-state index in [1.807, 2.05) is 41.0 Å². The molecule has 1 aliphatic rings. The molecule has 3 nitrogen and oxygen atoms in total. The second kappa shape index (κ2) is 8.00. The molecule has 0 bridgehead atoms. The molecule has 2 aromatic heterocycles. The zero-order valence-electron chi connectivity index (χ0n) is 18.7. The van der Waals surface area contributed by atoms with E-state index in [2.05, 4.69) is 20.8 Å². The fourth-order valence-electron chi connectivity index (χ4n) is 4.88. The van der Waals surface area contributed by atoms with Crippen LogP contribution in [0.5, 0.6) is 0 Å². The molecule has 1 aliphatic carbocycles. The summed E-state index contributed by atoms with van der Waals surface area (Å²) in [5.41, 5.74) is 7.11. The van der Waals surface area contributed by atoms with Gasteiger partial charge in [-0.2, -0.15) is 5.10 Å². The molecule has 2 aromatic carbocycles. The van der Waals surface area contributed by atoms with Crippen molar-refractivity contribution in [1.82, 2.24) is 14.6 Å². The van der Waals surface area contributed by atoms with Gasteiger partial charge in [-0.3, -0.25) is 0 Å². The fourth-order valence-corrected chi connectivity index (χ4v) is 5.01. The lowest BCUT2D eigenvalue weighted by Crippen LogP contribution is -2.30. The van der Waals surface area contributed by atoms with Crippen molar-refractivity contribution < 1.29 is 4.39 Å². The minimum Gasteiger partial charge on any atom is -0.228 e. The van der Waals surface area contributed by atoms with Crippen molar-refractivity contribution in [2.45, 2.75) is 46.5 Å². The van der Waals surface area contributed by atoms with E-state index in [0.29, 0.717) is 10.9 Å². The predicted octanol–water partition coefficient (Wildman–Crippen LogP) is 7.40. The van der Waals surface area contributed by atoms with E-state index in [1.165, 1.54) is 17.3 Å². The highest BCUT2D eigenvalue weighted by Gasteiger charge is 2.34. The molecule has 0 saturated carbocycles. The number of benzene rings is 2. The number of hydrogen-bond acceptors (Lipinski definition) is 2. The molecule has 5 rings (SSSR count). The van der Waals surface area contributed by atoms with Gasteiger partial charge in [-0.1, -0.05) is 63.1 Å². The summed E-state index contributed by atoms with van der Waals surface area (Å²) >= 11 is 6.10. The summed E-state index contributed by atoms with van der Waals surface area (Å²) in [6, 6.07) is 14.5. The first kappa shape index (κ1) is 21.1. The van der Waals surface area contributed by atoms with Crippen LogP contribution in [0.25, 0.3) is 28.0 Å². The summed E-state index contributed by atoms with van der Waals surface area (Å²) in [4.78, 5) is 5.10. The van der Waals surface area contributed by atoms with Gasteiger partial charge in [0, 0.05) is 27.4 Å². The number of hydrogen-bond donors (Lipinski definition) is 0. The third-order valence-corrected chi connectivity index (χ3v) is 7.55. The average Bonchev–Trinajstić information content (AvgIpc) is 3.23. The van der Waals surface area contributed by atoms with Crippen LogP contribution in [-0.4, -0.2) is 14.6 Å². The molecule has 0 amide bonds. The van der Waals surface area contributed by atoms with Gasteiger partial charge in [0.2, 0.25) is 0 Å². The van der Waals surface area contributed by atoms with Crippen LogP contribution >= 0.6 is 11.6 Å². The second-order valence-electron chi connectivity index (χ2n) is 9.48. The lowest BCUT2D eigenvalue weighted by atomic mass is 9.68. The number of fused-ring (bicyclic) bond motifs is 3. The molecule has 0 radical (unpaired) electrons. The van der Waals surface area contributed by atoms with Crippen LogP contribution in [0, 0.1) is 17.2 Å². The quantitative estimate of drug-likeness (QED) is 0.326. The summed E-state index contributed by atoms with van der Waals surface area (Å²) in [5.74, 6) is 0.309. The SMILES string of the molecule is CCC(C)(C)[C@H]1CCc2c(c(-c3cccc(F)c3)nc3c(-c4ccc(Cl)cc4)cnn23)C1. The Balaban J connectivity index is 1.74. The maximum Gasteiger partial charge on any atom is 0.163 e. The van der Waals surface area contributed by atoms with Gasteiger partial charge in [0.1, 0.15) is 5.82 Å². The van der Waals surface area contributed by atoms with Crippen LogP contribution in [0.1, 0.15) is 44.9 Å². The van der Waals surface area contributed by atoms with Gasteiger partial charge in [-0.25, -0.2) is 13.9 Å². The maximum atomic E-state index is 14.2. The Hall–Kier alpha value is -2.72. The fraction of sp³-hybridized carbons (Fsp3) is 0.333. The van der Waals surface area contributed by atoms with Crippen LogP contribution < -0.4 is 0 Å². The summed E-state index contributed by atoms with van der Waals surface area (Å²) in [6.07, 6.45) is 5.99. The summed E-state index contributed by atoms with van der Waals surface area (Å²) < 4.78 is 16.2. The number of aryl methyl sites for hydroxylation is 1. The van der Waals surface area contributed by atoms with E-state index >= 15 is 0 Å². The second-order valence-corrected chi connectivity index (χ2v) is 9.91. The van der Waals surface area contributed by atoms with Crippen LogP contribution in [0.15, 0.2) is 54.7 Å². The normalized spacial score (nSPS) is 16.3. The number of nitrogens with zero attached hydrogens (tertiary/aromatic N) is 3. The molecule has 164 valence electrons. The molecule has 0 aliphatic heterocycles. The van der Waals surface area contributed by atoms with Gasteiger partial charge in [0.15, 0.2) is 5.65 Å².